The zero-order valence-electron chi connectivity index (χ0n) is 9.36. The molecule has 0 unspecified atom stereocenters. The third-order valence-electron chi connectivity index (χ3n) is 2.16. The lowest BCUT2D eigenvalue weighted by atomic mass is 10.3. The number of nitrogens with one attached hydrogen (secondary N) is 2. The number of anilines is 1. The molecule has 2 rings (SSSR count). The van der Waals surface area contributed by atoms with Gasteiger partial charge in [0, 0.05) is 11.8 Å². The second-order valence-corrected chi connectivity index (χ2v) is 3.43. The molecule has 2 heterocycles. The van der Waals surface area contributed by atoms with E-state index in [-0.39, 0.29) is 0 Å². The second-order valence-electron chi connectivity index (χ2n) is 3.43. The number of rotatable bonds is 4. The molecule has 0 radical (unpaired) electrons. The molecule has 16 heavy (non-hydrogen) atoms. The third-order valence-corrected chi connectivity index (χ3v) is 2.16. The number of aromatic nitrogens is 5. The van der Waals surface area contributed by atoms with Crippen LogP contribution in [0.1, 0.15) is 24.3 Å². The first-order valence-electron chi connectivity index (χ1n) is 5.20. The highest BCUT2D eigenvalue weighted by molar-refractivity contribution is 5.36. The van der Waals surface area contributed by atoms with Gasteiger partial charge in [-0.2, -0.15) is 5.10 Å². The summed E-state index contributed by atoms with van der Waals surface area (Å²) >= 11 is 0. The van der Waals surface area contributed by atoms with Crippen LogP contribution >= 0.6 is 0 Å². The number of hydrogen-bond acceptors (Lipinski definition) is 5. The van der Waals surface area contributed by atoms with Crippen LogP contribution in [0.3, 0.4) is 0 Å². The van der Waals surface area contributed by atoms with E-state index < -0.39 is 0 Å². The Morgan fingerprint density at radius 2 is 2.25 bits per heavy atom. The van der Waals surface area contributed by atoms with Crippen LogP contribution in [0.5, 0.6) is 0 Å². The molecule has 0 bridgehead atoms. The van der Waals surface area contributed by atoms with Crippen molar-refractivity contribution in [1.29, 1.82) is 0 Å². The Bertz CT molecular complexity index is 450. The van der Waals surface area contributed by atoms with Gasteiger partial charge in [0.25, 0.3) is 0 Å². The van der Waals surface area contributed by atoms with Crippen LogP contribution < -0.4 is 5.32 Å². The zero-order valence-corrected chi connectivity index (χ0v) is 9.36. The lowest BCUT2D eigenvalue weighted by molar-refractivity contribution is 0.916. The highest BCUT2D eigenvalue weighted by atomic mass is 15.2. The fraction of sp³-hybridized carbons (Fsp3) is 0.400. The third kappa shape index (κ3) is 2.53. The molecule has 2 aromatic heterocycles. The minimum absolute atomic E-state index is 0.583. The van der Waals surface area contributed by atoms with Gasteiger partial charge >= 0.3 is 0 Å². The summed E-state index contributed by atoms with van der Waals surface area (Å²) in [4.78, 5) is 12.6. The number of aryl methyl sites for hydroxylation is 2. The molecule has 0 aliphatic carbocycles. The summed E-state index contributed by atoms with van der Waals surface area (Å²) in [6.07, 6.45) is 2.39. The van der Waals surface area contributed by atoms with Crippen molar-refractivity contribution in [3.63, 3.8) is 0 Å². The first kappa shape index (κ1) is 10.5. The smallest absolute Gasteiger partial charge is 0.143 e. The first-order valence-corrected chi connectivity index (χ1v) is 5.20. The summed E-state index contributed by atoms with van der Waals surface area (Å²) in [7, 11) is 0. The van der Waals surface area contributed by atoms with Crippen LogP contribution in [-0.2, 0) is 13.0 Å². The van der Waals surface area contributed by atoms with Crippen LogP contribution in [0.4, 0.5) is 5.82 Å². The Kier molecular flexibility index (Phi) is 3.09. The molecule has 6 nitrogen and oxygen atoms in total. The summed E-state index contributed by atoms with van der Waals surface area (Å²) in [5.41, 5.74) is 1.03. The lowest BCUT2D eigenvalue weighted by Gasteiger charge is -2.06. The maximum Gasteiger partial charge on any atom is 0.143 e. The Balaban J connectivity index is 2.06. The zero-order chi connectivity index (χ0) is 11.4. The Morgan fingerprint density at radius 3 is 2.94 bits per heavy atom. The van der Waals surface area contributed by atoms with Gasteiger partial charge in [-0.15, -0.1) is 0 Å². The molecule has 2 N–H and O–H groups in total. The normalized spacial score (nSPS) is 10.4. The second kappa shape index (κ2) is 4.69. The quantitative estimate of drug-likeness (QED) is 0.802. The van der Waals surface area contributed by atoms with E-state index in [0.29, 0.717) is 6.54 Å². The van der Waals surface area contributed by atoms with E-state index in [4.69, 9.17) is 0 Å². The van der Waals surface area contributed by atoms with Gasteiger partial charge in [0.15, 0.2) is 0 Å². The minimum Gasteiger partial charge on any atom is -0.363 e. The van der Waals surface area contributed by atoms with Crippen molar-refractivity contribution in [2.45, 2.75) is 26.8 Å². The summed E-state index contributed by atoms with van der Waals surface area (Å²) in [5, 5.41) is 9.74. The van der Waals surface area contributed by atoms with Crippen LogP contribution in [0.15, 0.2) is 12.4 Å². The molecule has 0 saturated heterocycles. The fourth-order valence-corrected chi connectivity index (χ4v) is 1.39. The van der Waals surface area contributed by atoms with Crippen molar-refractivity contribution in [2.75, 3.05) is 5.32 Å². The molecule has 0 aromatic carbocycles. The number of nitrogens with zero attached hydrogens (tertiary/aromatic N) is 4. The molecular weight excluding hydrogens is 204 g/mol. The molecule has 0 aliphatic rings. The summed E-state index contributed by atoms with van der Waals surface area (Å²) in [5.74, 6) is 2.38. The average Bonchev–Trinajstić information content (AvgIpc) is 2.78. The predicted molar refractivity (Wildman–Crippen MR) is 59.9 cm³/mol. The van der Waals surface area contributed by atoms with Gasteiger partial charge in [-0.25, -0.2) is 15.0 Å². The summed E-state index contributed by atoms with van der Waals surface area (Å²) in [6.45, 7) is 4.54. The van der Waals surface area contributed by atoms with Crippen molar-refractivity contribution >= 4 is 5.82 Å². The minimum atomic E-state index is 0.583. The Labute approximate surface area is 93.6 Å². The SMILES string of the molecule is CCc1cc(NCc2ncn[nH]2)nc(C)n1. The van der Waals surface area contributed by atoms with Gasteiger partial charge in [0.1, 0.15) is 23.8 Å². The largest absolute Gasteiger partial charge is 0.363 e. The molecule has 0 spiro atoms. The molecular formula is C10H14N6. The molecule has 84 valence electrons. The fourth-order valence-electron chi connectivity index (χ4n) is 1.39. The van der Waals surface area contributed by atoms with Gasteiger partial charge < -0.3 is 5.32 Å². The number of H-pyrrole nitrogens is 1. The highest BCUT2D eigenvalue weighted by Gasteiger charge is 2.01. The van der Waals surface area contributed by atoms with E-state index in [0.717, 1.165) is 29.6 Å². The molecule has 0 saturated carbocycles. The van der Waals surface area contributed by atoms with Gasteiger partial charge in [-0.05, 0) is 13.3 Å². The first-order chi connectivity index (χ1) is 7.78. The van der Waals surface area contributed by atoms with E-state index in [2.05, 4.69) is 37.4 Å². The van der Waals surface area contributed by atoms with Crippen LogP contribution in [0, 0.1) is 6.92 Å². The average molecular weight is 218 g/mol. The van der Waals surface area contributed by atoms with E-state index in [9.17, 15) is 0 Å². The Morgan fingerprint density at radius 1 is 1.38 bits per heavy atom. The summed E-state index contributed by atoms with van der Waals surface area (Å²) < 4.78 is 0. The lowest BCUT2D eigenvalue weighted by Crippen LogP contribution is -2.05. The van der Waals surface area contributed by atoms with Crippen molar-refractivity contribution < 1.29 is 0 Å². The van der Waals surface area contributed by atoms with E-state index in [1.807, 2.05) is 13.0 Å². The van der Waals surface area contributed by atoms with E-state index in [1.165, 1.54) is 6.33 Å². The number of hydrogen-bond donors (Lipinski definition) is 2. The predicted octanol–water partition coefficient (Wildman–Crippen LogP) is 1.08. The maximum atomic E-state index is 4.31. The monoisotopic (exact) mass is 218 g/mol. The maximum absolute atomic E-state index is 4.31. The van der Waals surface area contributed by atoms with E-state index >= 15 is 0 Å². The van der Waals surface area contributed by atoms with Gasteiger partial charge in [-0.1, -0.05) is 6.92 Å². The van der Waals surface area contributed by atoms with Crippen LogP contribution in [-0.4, -0.2) is 25.1 Å². The molecule has 0 amide bonds. The van der Waals surface area contributed by atoms with E-state index in [1.54, 1.807) is 0 Å². The van der Waals surface area contributed by atoms with Crippen molar-refractivity contribution in [3.05, 3.63) is 29.7 Å². The molecule has 2 aromatic rings. The van der Waals surface area contributed by atoms with Crippen molar-refractivity contribution in [3.8, 4) is 0 Å². The summed E-state index contributed by atoms with van der Waals surface area (Å²) in [6, 6.07) is 1.95. The van der Waals surface area contributed by atoms with Gasteiger partial charge in [-0.3, -0.25) is 5.10 Å². The van der Waals surface area contributed by atoms with Crippen molar-refractivity contribution in [1.82, 2.24) is 25.1 Å². The molecule has 0 atom stereocenters. The van der Waals surface area contributed by atoms with Gasteiger partial charge in [0.2, 0.25) is 0 Å². The topological polar surface area (TPSA) is 79.4 Å². The molecule has 6 heteroatoms. The van der Waals surface area contributed by atoms with Crippen LogP contribution in [0.2, 0.25) is 0 Å². The van der Waals surface area contributed by atoms with Crippen LogP contribution in [0.25, 0.3) is 0 Å². The number of aromatic amines is 1. The standard InChI is InChI=1S/C10H14N6/c1-3-8-4-9(15-7(2)14-8)11-5-10-12-6-13-16-10/h4,6H,3,5H2,1-2H3,(H,11,14,15)(H,12,13,16). The molecule has 0 aliphatic heterocycles. The molecule has 0 fully saturated rings. The van der Waals surface area contributed by atoms with Crippen molar-refractivity contribution in [2.24, 2.45) is 0 Å². The van der Waals surface area contributed by atoms with Gasteiger partial charge in [0.05, 0.1) is 6.54 Å². The highest BCUT2D eigenvalue weighted by Crippen LogP contribution is 2.07. The Hall–Kier alpha value is -1.98.